The second-order valence-electron chi connectivity index (χ2n) is 4.55. The molecule has 0 bridgehead atoms. The molecule has 0 radical (unpaired) electrons. The SMILES string of the molecule is CC(C)CCSc1ccc(C(F)(F)F)c(CN)c1. The standard InChI is InChI=1S/C13H18F3NS/c1-9(2)5-6-18-11-3-4-12(13(14,15)16)10(7-11)8-17/h3-4,7,9H,5-6,8,17H2,1-2H3. The van der Waals surface area contributed by atoms with E-state index in [1.807, 2.05) is 0 Å². The molecule has 0 aliphatic heterocycles. The molecule has 0 saturated carbocycles. The molecule has 5 heteroatoms. The van der Waals surface area contributed by atoms with Gasteiger partial charge in [0.05, 0.1) is 5.56 Å². The number of halogens is 3. The smallest absolute Gasteiger partial charge is 0.326 e. The third-order valence-electron chi connectivity index (χ3n) is 2.57. The lowest BCUT2D eigenvalue weighted by Gasteiger charge is -2.13. The largest absolute Gasteiger partial charge is 0.416 e. The van der Waals surface area contributed by atoms with Gasteiger partial charge in [-0.15, -0.1) is 11.8 Å². The molecule has 1 aromatic rings. The molecule has 0 aliphatic carbocycles. The highest BCUT2D eigenvalue weighted by molar-refractivity contribution is 7.99. The summed E-state index contributed by atoms with van der Waals surface area (Å²) in [5.41, 5.74) is 4.92. The minimum absolute atomic E-state index is 0.0899. The number of hydrogen-bond donors (Lipinski definition) is 1. The monoisotopic (exact) mass is 277 g/mol. The molecule has 0 heterocycles. The Morgan fingerprint density at radius 3 is 2.44 bits per heavy atom. The minimum Gasteiger partial charge on any atom is -0.326 e. The molecule has 0 unspecified atom stereocenters. The molecule has 0 atom stereocenters. The van der Waals surface area contributed by atoms with Crippen molar-refractivity contribution in [2.45, 2.75) is 37.9 Å². The van der Waals surface area contributed by atoms with Crippen molar-refractivity contribution in [2.75, 3.05) is 5.75 Å². The molecule has 1 nitrogen and oxygen atoms in total. The fourth-order valence-corrected chi connectivity index (χ4v) is 2.73. The van der Waals surface area contributed by atoms with E-state index in [0.29, 0.717) is 5.92 Å². The molecular weight excluding hydrogens is 259 g/mol. The van der Waals surface area contributed by atoms with Crippen LogP contribution in [-0.4, -0.2) is 5.75 Å². The fraction of sp³-hybridized carbons (Fsp3) is 0.538. The van der Waals surface area contributed by atoms with E-state index in [1.165, 1.54) is 6.07 Å². The summed E-state index contributed by atoms with van der Waals surface area (Å²) >= 11 is 1.57. The first kappa shape index (κ1) is 15.4. The molecule has 0 aromatic heterocycles. The average Bonchev–Trinajstić information content (AvgIpc) is 2.26. The molecule has 102 valence electrons. The summed E-state index contributed by atoms with van der Waals surface area (Å²) in [7, 11) is 0. The van der Waals surface area contributed by atoms with Crippen molar-refractivity contribution in [3.05, 3.63) is 29.3 Å². The average molecular weight is 277 g/mol. The molecule has 0 fully saturated rings. The van der Waals surface area contributed by atoms with Gasteiger partial charge in [-0.05, 0) is 41.9 Å². The fourth-order valence-electron chi connectivity index (χ4n) is 1.52. The first-order chi connectivity index (χ1) is 8.34. The van der Waals surface area contributed by atoms with Crippen molar-refractivity contribution in [2.24, 2.45) is 11.7 Å². The van der Waals surface area contributed by atoms with Gasteiger partial charge < -0.3 is 5.73 Å². The van der Waals surface area contributed by atoms with Crippen LogP contribution in [0.2, 0.25) is 0 Å². The van der Waals surface area contributed by atoms with E-state index in [0.717, 1.165) is 23.1 Å². The number of benzene rings is 1. The van der Waals surface area contributed by atoms with Crippen LogP contribution in [0.4, 0.5) is 13.2 Å². The van der Waals surface area contributed by atoms with Crippen LogP contribution < -0.4 is 5.73 Å². The zero-order chi connectivity index (χ0) is 13.8. The zero-order valence-corrected chi connectivity index (χ0v) is 11.4. The second kappa shape index (κ2) is 6.48. The summed E-state index contributed by atoms with van der Waals surface area (Å²) in [4.78, 5) is 0.851. The Morgan fingerprint density at radius 2 is 1.94 bits per heavy atom. The van der Waals surface area contributed by atoms with Gasteiger partial charge in [0.1, 0.15) is 0 Å². The first-order valence-electron chi connectivity index (χ1n) is 5.87. The number of rotatable bonds is 5. The number of hydrogen-bond acceptors (Lipinski definition) is 2. The summed E-state index contributed by atoms with van der Waals surface area (Å²) < 4.78 is 38.0. The predicted molar refractivity (Wildman–Crippen MR) is 69.5 cm³/mol. The van der Waals surface area contributed by atoms with Crippen LogP contribution >= 0.6 is 11.8 Å². The van der Waals surface area contributed by atoms with Gasteiger partial charge in [0.25, 0.3) is 0 Å². The van der Waals surface area contributed by atoms with Gasteiger partial charge >= 0.3 is 6.18 Å². The Labute approximate surface area is 110 Å². The van der Waals surface area contributed by atoms with Crippen molar-refractivity contribution in [3.63, 3.8) is 0 Å². The van der Waals surface area contributed by atoms with E-state index >= 15 is 0 Å². The summed E-state index contributed by atoms with van der Waals surface area (Å²) in [6.45, 7) is 4.16. The van der Waals surface area contributed by atoms with E-state index in [-0.39, 0.29) is 12.1 Å². The van der Waals surface area contributed by atoms with E-state index in [9.17, 15) is 13.2 Å². The summed E-state index contributed by atoms with van der Waals surface area (Å²) in [6, 6.07) is 4.20. The minimum atomic E-state index is -4.32. The van der Waals surface area contributed by atoms with Crippen molar-refractivity contribution in [1.82, 2.24) is 0 Å². The molecular formula is C13H18F3NS. The number of thioether (sulfide) groups is 1. The van der Waals surface area contributed by atoms with E-state index in [1.54, 1.807) is 17.8 Å². The highest BCUT2D eigenvalue weighted by Gasteiger charge is 2.32. The maximum atomic E-state index is 12.7. The number of nitrogens with two attached hydrogens (primary N) is 1. The Balaban J connectivity index is 2.79. The molecule has 1 aromatic carbocycles. The molecule has 18 heavy (non-hydrogen) atoms. The third kappa shape index (κ3) is 4.53. The van der Waals surface area contributed by atoms with Crippen LogP contribution in [0.5, 0.6) is 0 Å². The van der Waals surface area contributed by atoms with Gasteiger partial charge in [-0.2, -0.15) is 13.2 Å². The van der Waals surface area contributed by atoms with Crippen LogP contribution in [0.15, 0.2) is 23.1 Å². The van der Waals surface area contributed by atoms with Crippen LogP contribution in [0, 0.1) is 5.92 Å². The van der Waals surface area contributed by atoms with Crippen molar-refractivity contribution in [1.29, 1.82) is 0 Å². The topological polar surface area (TPSA) is 26.0 Å². The van der Waals surface area contributed by atoms with Crippen LogP contribution in [-0.2, 0) is 12.7 Å². The summed E-state index contributed by atoms with van der Waals surface area (Å²) in [5.74, 6) is 1.51. The van der Waals surface area contributed by atoms with Gasteiger partial charge in [0, 0.05) is 11.4 Å². The summed E-state index contributed by atoms with van der Waals surface area (Å²) in [6.07, 6.45) is -3.28. The van der Waals surface area contributed by atoms with Gasteiger partial charge in [0.15, 0.2) is 0 Å². The van der Waals surface area contributed by atoms with Crippen molar-refractivity contribution < 1.29 is 13.2 Å². The molecule has 0 saturated heterocycles. The van der Waals surface area contributed by atoms with E-state index in [4.69, 9.17) is 5.73 Å². The Kier molecular flexibility index (Phi) is 5.53. The molecule has 0 aliphatic rings. The Hall–Kier alpha value is -0.680. The van der Waals surface area contributed by atoms with Crippen molar-refractivity contribution >= 4 is 11.8 Å². The molecule has 2 N–H and O–H groups in total. The maximum absolute atomic E-state index is 12.7. The molecule has 1 rings (SSSR count). The zero-order valence-electron chi connectivity index (χ0n) is 10.6. The lowest BCUT2D eigenvalue weighted by Crippen LogP contribution is -2.11. The Morgan fingerprint density at radius 1 is 1.28 bits per heavy atom. The van der Waals surface area contributed by atoms with Gasteiger partial charge in [-0.1, -0.05) is 13.8 Å². The normalized spacial score (nSPS) is 12.2. The third-order valence-corrected chi connectivity index (χ3v) is 3.59. The first-order valence-corrected chi connectivity index (χ1v) is 6.86. The highest BCUT2D eigenvalue weighted by atomic mass is 32.2. The van der Waals surface area contributed by atoms with E-state index in [2.05, 4.69) is 13.8 Å². The second-order valence-corrected chi connectivity index (χ2v) is 5.72. The lowest BCUT2D eigenvalue weighted by atomic mass is 10.1. The van der Waals surface area contributed by atoms with Crippen LogP contribution in [0.1, 0.15) is 31.4 Å². The summed E-state index contributed by atoms with van der Waals surface area (Å²) in [5, 5.41) is 0. The van der Waals surface area contributed by atoms with Gasteiger partial charge in [-0.25, -0.2) is 0 Å². The highest BCUT2D eigenvalue weighted by Crippen LogP contribution is 2.34. The van der Waals surface area contributed by atoms with Crippen LogP contribution in [0.25, 0.3) is 0 Å². The van der Waals surface area contributed by atoms with Crippen molar-refractivity contribution in [3.8, 4) is 0 Å². The van der Waals surface area contributed by atoms with E-state index < -0.39 is 11.7 Å². The van der Waals surface area contributed by atoms with Gasteiger partial charge in [0.2, 0.25) is 0 Å². The molecule has 0 amide bonds. The predicted octanol–water partition coefficient (Wildman–Crippen LogP) is 4.30. The maximum Gasteiger partial charge on any atom is 0.416 e. The molecule has 0 spiro atoms. The van der Waals surface area contributed by atoms with Crippen LogP contribution in [0.3, 0.4) is 0 Å². The lowest BCUT2D eigenvalue weighted by molar-refractivity contribution is -0.138. The quantitative estimate of drug-likeness (QED) is 0.812. The van der Waals surface area contributed by atoms with Gasteiger partial charge in [-0.3, -0.25) is 0 Å². The Bertz CT molecular complexity index is 388. The number of alkyl halides is 3.